The summed E-state index contributed by atoms with van der Waals surface area (Å²) in [5.74, 6) is 0.700. The monoisotopic (exact) mass is 266 g/mol. The second kappa shape index (κ2) is 8.02. The maximum Gasteiger partial charge on any atom is 0.121 e. The molecule has 0 fully saturated rings. The van der Waals surface area contributed by atoms with Gasteiger partial charge in [-0.3, -0.25) is 4.90 Å². The molecule has 1 rings (SSSR count). The van der Waals surface area contributed by atoms with Gasteiger partial charge in [-0.1, -0.05) is 13.0 Å². The Morgan fingerprint density at radius 1 is 1.37 bits per heavy atom. The Kier molecular flexibility index (Phi) is 6.67. The minimum Gasteiger partial charge on any atom is -0.491 e. The number of aliphatic hydroxyl groups excluding tert-OH is 1. The molecular formula is C15H26N2O2. The zero-order valence-electron chi connectivity index (χ0n) is 12.2. The van der Waals surface area contributed by atoms with Gasteiger partial charge < -0.3 is 15.6 Å². The predicted molar refractivity (Wildman–Crippen MR) is 79.4 cm³/mol. The molecule has 3 N–H and O–H groups in total. The van der Waals surface area contributed by atoms with Crippen molar-refractivity contribution in [3.63, 3.8) is 0 Å². The highest BCUT2D eigenvalue weighted by molar-refractivity contribution is 5.43. The Hall–Kier alpha value is -1.26. The lowest BCUT2D eigenvalue weighted by atomic mass is 10.2. The first-order valence-corrected chi connectivity index (χ1v) is 6.93. The molecular weight excluding hydrogens is 240 g/mol. The molecule has 1 aromatic rings. The Morgan fingerprint density at radius 2 is 2.11 bits per heavy atom. The highest BCUT2D eigenvalue weighted by atomic mass is 16.5. The first-order chi connectivity index (χ1) is 9.02. The molecule has 0 bridgehead atoms. The van der Waals surface area contributed by atoms with Gasteiger partial charge in [0, 0.05) is 24.3 Å². The second-order valence-electron chi connectivity index (χ2n) is 5.13. The molecule has 4 heteroatoms. The molecule has 1 aromatic carbocycles. The Balaban J connectivity index is 2.40. The SMILES string of the molecule is CCCN(CC(O)COc1cccc(N)c1)C(C)C. The third-order valence-electron chi connectivity index (χ3n) is 2.99. The fourth-order valence-electron chi connectivity index (χ4n) is 1.97. The minimum atomic E-state index is -0.490. The summed E-state index contributed by atoms with van der Waals surface area (Å²) in [5.41, 5.74) is 6.34. The van der Waals surface area contributed by atoms with Gasteiger partial charge in [0.1, 0.15) is 18.5 Å². The summed E-state index contributed by atoms with van der Waals surface area (Å²) < 4.78 is 5.55. The van der Waals surface area contributed by atoms with Gasteiger partial charge in [-0.2, -0.15) is 0 Å². The van der Waals surface area contributed by atoms with Crippen molar-refractivity contribution < 1.29 is 9.84 Å². The number of rotatable bonds is 8. The number of hydrogen-bond donors (Lipinski definition) is 2. The van der Waals surface area contributed by atoms with Crippen molar-refractivity contribution in [2.75, 3.05) is 25.4 Å². The van der Waals surface area contributed by atoms with E-state index in [4.69, 9.17) is 10.5 Å². The standard InChI is InChI=1S/C15H26N2O2/c1-4-8-17(12(2)3)10-14(18)11-19-15-7-5-6-13(16)9-15/h5-7,9,12,14,18H,4,8,10-11,16H2,1-3H3. The molecule has 0 aliphatic heterocycles. The van der Waals surface area contributed by atoms with Crippen LogP contribution in [-0.4, -0.2) is 41.8 Å². The zero-order chi connectivity index (χ0) is 14.3. The molecule has 0 aliphatic rings. The smallest absolute Gasteiger partial charge is 0.121 e. The van der Waals surface area contributed by atoms with Crippen LogP contribution in [0.2, 0.25) is 0 Å². The fraction of sp³-hybridized carbons (Fsp3) is 0.600. The highest BCUT2D eigenvalue weighted by Gasteiger charge is 2.14. The van der Waals surface area contributed by atoms with E-state index in [9.17, 15) is 5.11 Å². The fourth-order valence-corrected chi connectivity index (χ4v) is 1.97. The molecule has 0 heterocycles. The average molecular weight is 266 g/mol. The number of aliphatic hydroxyl groups is 1. The molecule has 1 atom stereocenters. The van der Waals surface area contributed by atoms with Crippen LogP contribution < -0.4 is 10.5 Å². The van der Waals surface area contributed by atoms with Crippen LogP contribution in [0.1, 0.15) is 27.2 Å². The van der Waals surface area contributed by atoms with Gasteiger partial charge in [-0.05, 0) is 38.9 Å². The predicted octanol–water partition coefficient (Wildman–Crippen LogP) is 2.13. The van der Waals surface area contributed by atoms with Gasteiger partial charge in [-0.25, -0.2) is 0 Å². The number of nitrogens with zero attached hydrogens (tertiary/aromatic N) is 1. The quantitative estimate of drug-likeness (QED) is 0.708. The number of nitrogens with two attached hydrogens (primary N) is 1. The Bertz CT molecular complexity index is 369. The number of anilines is 1. The van der Waals surface area contributed by atoms with E-state index < -0.39 is 6.10 Å². The van der Waals surface area contributed by atoms with Crippen molar-refractivity contribution >= 4 is 5.69 Å². The lowest BCUT2D eigenvalue weighted by molar-refractivity contribution is 0.0576. The van der Waals surface area contributed by atoms with E-state index in [0.717, 1.165) is 13.0 Å². The van der Waals surface area contributed by atoms with Gasteiger partial charge >= 0.3 is 0 Å². The molecule has 0 saturated carbocycles. The van der Waals surface area contributed by atoms with Crippen LogP contribution in [0, 0.1) is 0 Å². The maximum atomic E-state index is 10.0. The van der Waals surface area contributed by atoms with Gasteiger partial charge in [0.15, 0.2) is 0 Å². The van der Waals surface area contributed by atoms with Crippen LogP contribution in [0.3, 0.4) is 0 Å². The van der Waals surface area contributed by atoms with E-state index in [-0.39, 0.29) is 6.61 Å². The first-order valence-electron chi connectivity index (χ1n) is 6.93. The first kappa shape index (κ1) is 15.8. The van der Waals surface area contributed by atoms with E-state index in [1.807, 2.05) is 18.2 Å². The average Bonchev–Trinajstić information content (AvgIpc) is 2.36. The van der Waals surface area contributed by atoms with E-state index >= 15 is 0 Å². The zero-order valence-corrected chi connectivity index (χ0v) is 12.2. The summed E-state index contributed by atoms with van der Waals surface area (Å²) in [6, 6.07) is 7.69. The molecule has 108 valence electrons. The molecule has 0 aliphatic carbocycles. The van der Waals surface area contributed by atoms with Gasteiger partial charge in [0.05, 0.1) is 0 Å². The molecule has 0 spiro atoms. The number of ether oxygens (including phenoxy) is 1. The molecule has 0 amide bonds. The third kappa shape index (κ3) is 5.94. The second-order valence-corrected chi connectivity index (χ2v) is 5.13. The summed E-state index contributed by atoms with van der Waals surface area (Å²) in [6.07, 6.45) is 0.594. The molecule has 19 heavy (non-hydrogen) atoms. The summed E-state index contributed by atoms with van der Waals surface area (Å²) in [5, 5.41) is 10.0. The molecule has 1 unspecified atom stereocenters. The Labute approximate surface area is 116 Å². The Morgan fingerprint density at radius 3 is 2.68 bits per heavy atom. The van der Waals surface area contributed by atoms with E-state index in [1.165, 1.54) is 0 Å². The van der Waals surface area contributed by atoms with Crippen molar-refractivity contribution in [1.29, 1.82) is 0 Å². The number of nitrogen functional groups attached to an aromatic ring is 1. The highest BCUT2D eigenvalue weighted by Crippen LogP contribution is 2.14. The molecule has 0 radical (unpaired) electrons. The topological polar surface area (TPSA) is 58.7 Å². The van der Waals surface area contributed by atoms with Crippen LogP contribution in [0.5, 0.6) is 5.75 Å². The molecule has 4 nitrogen and oxygen atoms in total. The van der Waals surface area contributed by atoms with Crippen molar-refractivity contribution in [1.82, 2.24) is 4.90 Å². The van der Waals surface area contributed by atoms with Gasteiger partial charge in [0.2, 0.25) is 0 Å². The van der Waals surface area contributed by atoms with Crippen molar-refractivity contribution in [3.8, 4) is 5.75 Å². The van der Waals surface area contributed by atoms with Gasteiger partial charge in [-0.15, -0.1) is 0 Å². The maximum absolute atomic E-state index is 10.0. The van der Waals surface area contributed by atoms with Crippen LogP contribution in [0.4, 0.5) is 5.69 Å². The summed E-state index contributed by atoms with van der Waals surface area (Å²) in [7, 11) is 0. The van der Waals surface area contributed by atoms with Crippen molar-refractivity contribution in [2.24, 2.45) is 0 Å². The van der Waals surface area contributed by atoms with E-state index in [1.54, 1.807) is 6.07 Å². The number of hydrogen-bond acceptors (Lipinski definition) is 4. The van der Waals surface area contributed by atoms with E-state index in [2.05, 4.69) is 25.7 Å². The lowest BCUT2D eigenvalue weighted by Crippen LogP contribution is -2.40. The van der Waals surface area contributed by atoms with Gasteiger partial charge in [0.25, 0.3) is 0 Å². The van der Waals surface area contributed by atoms with Crippen LogP contribution in [-0.2, 0) is 0 Å². The largest absolute Gasteiger partial charge is 0.491 e. The summed E-state index contributed by atoms with van der Waals surface area (Å²) >= 11 is 0. The third-order valence-corrected chi connectivity index (χ3v) is 2.99. The summed E-state index contributed by atoms with van der Waals surface area (Å²) in [6.45, 7) is 8.34. The molecule has 0 aromatic heterocycles. The van der Waals surface area contributed by atoms with Crippen molar-refractivity contribution in [3.05, 3.63) is 24.3 Å². The molecule has 0 saturated heterocycles. The van der Waals surface area contributed by atoms with Crippen LogP contribution in [0.25, 0.3) is 0 Å². The lowest BCUT2D eigenvalue weighted by Gasteiger charge is -2.28. The normalized spacial score (nSPS) is 12.9. The minimum absolute atomic E-state index is 0.288. The van der Waals surface area contributed by atoms with Crippen LogP contribution >= 0.6 is 0 Å². The van der Waals surface area contributed by atoms with Crippen LogP contribution in [0.15, 0.2) is 24.3 Å². The van der Waals surface area contributed by atoms with Crippen molar-refractivity contribution in [2.45, 2.75) is 39.3 Å². The number of benzene rings is 1. The summed E-state index contributed by atoms with van der Waals surface area (Å²) in [4.78, 5) is 2.26. The van der Waals surface area contributed by atoms with E-state index in [0.29, 0.717) is 24.0 Å².